The van der Waals surface area contributed by atoms with E-state index in [9.17, 15) is 14.0 Å². The maximum absolute atomic E-state index is 14.7. The molecule has 0 spiro atoms. The summed E-state index contributed by atoms with van der Waals surface area (Å²) in [7, 11) is 4.24. The van der Waals surface area contributed by atoms with Crippen molar-refractivity contribution in [3.05, 3.63) is 77.2 Å². The van der Waals surface area contributed by atoms with Gasteiger partial charge < -0.3 is 14.2 Å². The number of anilines is 1. The van der Waals surface area contributed by atoms with Crippen molar-refractivity contribution >= 4 is 17.5 Å². The van der Waals surface area contributed by atoms with Crippen LogP contribution in [0.25, 0.3) is 0 Å². The summed E-state index contributed by atoms with van der Waals surface area (Å²) in [5, 5.41) is 8.91. The Morgan fingerprint density at radius 2 is 1.39 bits per heavy atom. The minimum absolute atomic E-state index is 0.154. The third-order valence-corrected chi connectivity index (χ3v) is 4.76. The largest absolute Gasteiger partial charge is 0.497 e. The predicted molar refractivity (Wildman–Crippen MR) is 117 cm³/mol. The van der Waals surface area contributed by atoms with Crippen LogP contribution in [0.15, 0.2) is 54.6 Å². The first-order valence-corrected chi connectivity index (χ1v) is 9.70. The number of nitrogens with zero attached hydrogens (tertiary/aromatic N) is 3. The monoisotopic (exact) mass is 449 g/mol. The van der Waals surface area contributed by atoms with Crippen LogP contribution in [0.5, 0.6) is 17.4 Å². The molecule has 0 aliphatic carbocycles. The number of ether oxygens (including phenoxy) is 3. The Balaban J connectivity index is 2.15. The summed E-state index contributed by atoms with van der Waals surface area (Å²) in [5.74, 6) is -1.44. The number of carbonyl (C=O) groups is 2. The second kappa shape index (κ2) is 10.2. The maximum Gasteiger partial charge on any atom is 0.265 e. The molecule has 0 fully saturated rings. The van der Waals surface area contributed by atoms with Crippen LogP contribution < -0.4 is 19.1 Å². The summed E-state index contributed by atoms with van der Waals surface area (Å²) in [6.07, 6.45) is -0.304. The summed E-state index contributed by atoms with van der Waals surface area (Å²) < 4.78 is 30.2. The van der Waals surface area contributed by atoms with Gasteiger partial charge in [0.05, 0.1) is 39.5 Å². The number of benzene rings is 2. The van der Waals surface area contributed by atoms with E-state index in [1.165, 1.54) is 45.6 Å². The van der Waals surface area contributed by atoms with E-state index in [2.05, 4.69) is 4.98 Å². The van der Waals surface area contributed by atoms with Gasteiger partial charge in [-0.3, -0.25) is 9.59 Å². The molecule has 0 saturated carbocycles. The molecular weight excluding hydrogens is 429 g/mol. The van der Waals surface area contributed by atoms with Gasteiger partial charge in [0.2, 0.25) is 5.88 Å². The zero-order valence-corrected chi connectivity index (χ0v) is 18.2. The Morgan fingerprint density at radius 1 is 0.909 bits per heavy atom. The number of rotatable bonds is 7. The lowest BCUT2D eigenvalue weighted by Gasteiger charge is -2.23. The zero-order chi connectivity index (χ0) is 24.0. The minimum Gasteiger partial charge on any atom is -0.497 e. The van der Waals surface area contributed by atoms with Gasteiger partial charge in [-0.25, -0.2) is 14.3 Å². The van der Waals surface area contributed by atoms with E-state index in [0.717, 1.165) is 11.0 Å². The highest BCUT2D eigenvalue weighted by molar-refractivity contribution is 6.26. The Kier molecular flexibility index (Phi) is 7.20. The van der Waals surface area contributed by atoms with E-state index in [1.807, 2.05) is 6.07 Å². The van der Waals surface area contributed by atoms with Crippen molar-refractivity contribution in [2.45, 2.75) is 6.42 Å². The van der Waals surface area contributed by atoms with Crippen molar-refractivity contribution in [2.24, 2.45) is 0 Å². The number of pyridine rings is 1. The molecule has 0 unspecified atom stereocenters. The molecule has 3 aromatic rings. The summed E-state index contributed by atoms with van der Waals surface area (Å²) in [5.41, 5.74) is -0.0485. The summed E-state index contributed by atoms with van der Waals surface area (Å²) in [6.45, 7) is 0. The van der Waals surface area contributed by atoms with Crippen LogP contribution in [-0.4, -0.2) is 38.1 Å². The average Bonchev–Trinajstić information content (AvgIpc) is 2.85. The first-order valence-electron chi connectivity index (χ1n) is 9.70. The first-order chi connectivity index (χ1) is 15.9. The normalized spacial score (nSPS) is 10.2. The molecule has 0 aliphatic rings. The molecule has 0 radical (unpaired) electrons. The number of carbonyl (C=O) groups excluding carboxylic acids is 2. The van der Waals surface area contributed by atoms with Gasteiger partial charge in [-0.2, -0.15) is 5.26 Å². The van der Waals surface area contributed by atoms with Crippen LogP contribution in [-0.2, 0) is 6.42 Å². The van der Waals surface area contributed by atoms with E-state index in [1.54, 1.807) is 24.3 Å². The van der Waals surface area contributed by atoms with Crippen LogP contribution in [0.1, 0.15) is 26.4 Å². The standard InChI is InChI=1S/C24H20FN3O5/c1-31-17-8-4-15(5-9-17)23(29)28(24(30)16-6-10-18(32-2)11-7-16)21-14-19(25)20(12-13-26)27-22(21)33-3/h4-11,14H,12H2,1-3H3. The van der Waals surface area contributed by atoms with Gasteiger partial charge in [0.1, 0.15) is 23.0 Å². The molecule has 1 aromatic heterocycles. The van der Waals surface area contributed by atoms with Crippen LogP contribution in [0.2, 0.25) is 0 Å². The molecule has 3 rings (SSSR count). The molecule has 168 valence electrons. The second-order valence-electron chi connectivity index (χ2n) is 6.68. The number of nitriles is 1. The van der Waals surface area contributed by atoms with E-state index in [4.69, 9.17) is 19.5 Å². The molecule has 2 amide bonds. The highest BCUT2D eigenvalue weighted by Gasteiger charge is 2.30. The average molecular weight is 449 g/mol. The number of amides is 2. The number of hydrogen-bond acceptors (Lipinski definition) is 7. The number of halogens is 1. The van der Waals surface area contributed by atoms with Crippen molar-refractivity contribution in [3.8, 4) is 23.4 Å². The summed E-state index contributed by atoms with van der Waals surface area (Å²) in [6, 6.07) is 15.0. The van der Waals surface area contributed by atoms with Gasteiger partial charge in [0.25, 0.3) is 11.8 Å². The highest BCUT2D eigenvalue weighted by atomic mass is 19.1. The molecule has 0 atom stereocenters. The molecule has 0 N–H and O–H groups in total. The quantitative estimate of drug-likeness (QED) is 0.506. The van der Waals surface area contributed by atoms with Crippen LogP contribution in [0, 0.1) is 17.1 Å². The fraction of sp³-hybridized carbons (Fsp3) is 0.167. The molecule has 33 heavy (non-hydrogen) atoms. The number of aromatic nitrogens is 1. The Hall–Kier alpha value is -4.45. The Bertz CT molecular complexity index is 1150. The van der Waals surface area contributed by atoms with Gasteiger partial charge in [0, 0.05) is 17.2 Å². The van der Waals surface area contributed by atoms with Gasteiger partial charge in [-0.15, -0.1) is 0 Å². The van der Waals surface area contributed by atoms with Crippen LogP contribution >= 0.6 is 0 Å². The third kappa shape index (κ3) is 4.91. The molecular formula is C24H20FN3O5. The molecule has 9 heteroatoms. The van der Waals surface area contributed by atoms with E-state index in [-0.39, 0.29) is 34.8 Å². The molecule has 8 nitrogen and oxygen atoms in total. The third-order valence-electron chi connectivity index (χ3n) is 4.76. The zero-order valence-electron chi connectivity index (χ0n) is 18.2. The van der Waals surface area contributed by atoms with Crippen molar-refractivity contribution in [2.75, 3.05) is 26.2 Å². The lowest BCUT2D eigenvalue weighted by molar-refractivity contribution is 0.0896. The minimum atomic E-state index is -0.845. The molecule has 2 aromatic carbocycles. The lowest BCUT2D eigenvalue weighted by atomic mass is 10.1. The van der Waals surface area contributed by atoms with Gasteiger partial charge in [-0.05, 0) is 48.5 Å². The fourth-order valence-corrected chi connectivity index (χ4v) is 3.04. The fourth-order valence-electron chi connectivity index (χ4n) is 3.04. The lowest BCUT2D eigenvalue weighted by Crippen LogP contribution is -2.37. The Labute approximate surface area is 189 Å². The summed E-state index contributed by atoms with van der Waals surface area (Å²) in [4.78, 5) is 31.7. The molecule has 1 heterocycles. The number of methoxy groups -OCH3 is 3. The maximum atomic E-state index is 14.7. The SMILES string of the molecule is COc1ccc(C(=O)N(C(=O)c2ccc(OC)cc2)c2cc(F)c(CC#N)nc2OC)cc1. The number of imide groups is 1. The van der Waals surface area contributed by atoms with Crippen LogP contribution in [0.3, 0.4) is 0 Å². The Morgan fingerprint density at radius 3 is 1.79 bits per heavy atom. The topological polar surface area (TPSA) is 102 Å². The molecule has 0 saturated heterocycles. The van der Waals surface area contributed by atoms with E-state index < -0.39 is 17.6 Å². The second-order valence-corrected chi connectivity index (χ2v) is 6.68. The first kappa shape index (κ1) is 23.2. The predicted octanol–water partition coefficient (Wildman–Crippen LogP) is 3.80. The van der Waals surface area contributed by atoms with Gasteiger partial charge in [0.15, 0.2) is 0 Å². The van der Waals surface area contributed by atoms with Crippen molar-refractivity contribution in [3.63, 3.8) is 0 Å². The van der Waals surface area contributed by atoms with E-state index in [0.29, 0.717) is 11.5 Å². The number of hydrogen-bond donors (Lipinski definition) is 0. The highest BCUT2D eigenvalue weighted by Crippen LogP contribution is 2.31. The van der Waals surface area contributed by atoms with Crippen LogP contribution in [0.4, 0.5) is 10.1 Å². The van der Waals surface area contributed by atoms with E-state index >= 15 is 0 Å². The molecule has 0 bridgehead atoms. The van der Waals surface area contributed by atoms with Crippen molar-refractivity contribution in [1.82, 2.24) is 4.98 Å². The smallest absolute Gasteiger partial charge is 0.265 e. The van der Waals surface area contributed by atoms with Crippen molar-refractivity contribution in [1.29, 1.82) is 5.26 Å². The molecule has 0 aliphatic heterocycles. The summed E-state index contributed by atoms with van der Waals surface area (Å²) >= 11 is 0. The van der Waals surface area contributed by atoms with Gasteiger partial charge in [-0.1, -0.05) is 0 Å². The van der Waals surface area contributed by atoms with Gasteiger partial charge >= 0.3 is 0 Å². The van der Waals surface area contributed by atoms with Crippen molar-refractivity contribution < 1.29 is 28.2 Å².